The third-order valence-corrected chi connectivity index (χ3v) is 11.1. The SMILES string of the molecule is [C-]#[N+]/C(C#N)=C1\C(=C\c2cc3c(s2)c2sc(/C=C4\C(=O)c5ccccc5\C4=C(\C#N)[N+]#[C-])cc2n3-c2ccc(C)cc2)C(=O)c2ccccc21. The van der Waals surface area contributed by atoms with Crippen molar-refractivity contribution in [3.8, 4) is 17.8 Å². The minimum absolute atomic E-state index is 0.132. The molecule has 8 rings (SSSR count). The Morgan fingerprint density at radius 2 is 1.10 bits per heavy atom. The van der Waals surface area contributed by atoms with Gasteiger partial charge < -0.3 is 4.57 Å². The molecule has 3 aromatic heterocycles. The number of fused-ring (bicyclic) bond motifs is 5. The van der Waals surface area contributed by atoms with E-state index in [-0.39, 0.29) is 23.0 Å². The fourth-order valence-corrected chi connectivity index (χ4v) is 8.97. The lowest BCUT2D eigenvalue weighted by Gasteiger charge is -2.06. The first-order valence-corrected chi connectivity index (χ1v) is 16.9. The summed E-state index contributed by atoms with van der Waals surface area (Å²) >= 11 is 3.00. The standard InChI is InChI=1S/C41H19N5O2S2/c1-22-12-14-23(15-13-22)46-34-18-24(16-30-36(32(20-42)44-2)26-8-4-6-10-28(26)38(30)47)49-40(34)41-35(46)19-25(50-41)17-31-37(33(21-43)45-3)27-9-5-7-11-29(27)39(31)48/h4-19H,1H3/b30-16-,31-17-,36-32-,37-33+. The molecule has 0 radical (unpaired) electrons. The highest BCUT2D eigenvalue weighted by molar-refractivity contribution is 7.28. The van der Waals surface area contributed by atoms with Crippen LogP contribution >= 0.6 is 22.7 Å². The van der Waals surface area contributed by atoms with Gasteiger partial charge in [-0.25, -0.2) is 20.2 Å². The average Bonchev–Trinajstić information content (AvgIpc) is 3.92. The van der Waals surface area contributed by atoms with E-state index in [2.05, 4.69) is 14.3 Å². The maximum Gasteiger partial charge on any atom is 0.270 e. The number of benzene rings is 3. The van der Waals surface area contributed by atoms with Gasteiger partial charge in [-0.05, 0) is 54.5 Å². The average molecular weight is 678 g/mol. The number of aryl methyl sites for hydroxylation is 1. The van der Waals surface area contributed by atoms with Crippen LogP contribution in [-0.2, 0) is 0 Å². The number of hydrogen-bond donors (Lipinski definition) is 0. The van der Waals surface area contributed by atoms with Crippen LogP contribution in [0.5, 0.6) is 0 Å². The summed E-state index contributed by atoms with van der Waals surface area (Å²) in [6, 6.07) is 30.2. The molecule has 2 aliphatic rings. The van der Waals surface area contributed by atoms with E-state index >= 15 is 0 Å². The fraction of sp³-hybridized carbons (Fsp3) is 0.0244. The van der Waals surface area contributed by atoms with E-state index in [4.69, 9.17) is 13.1 Å². The first-order valence-electron chi connectivity index (χ1n) is 15.3. The maximum atomic E-state index is 13.6. The topological polar surface area (TPSA) is 95.4 Å². The number of rotatable bonds is 3. The molecule has 0 fully saturated rings. The van der Waals surface area contributed by atoms with Gasteiger partial charge in [0.05, 0.1) is 45.7 Å². The molecule has 0 unspecified atom stereocenters. The van der Waals surface area contributed by atoms with Crippen molar-refractivity contribution in [1.82, 2.24) is 4.57 Å². The number of allylic oxidation sites excluding steroid dienone is 6. The second-order valence-corrected chi connectivity index (χ2v) is 13.8. The molecule has 0 amide bonds. The van der Waals surface area contributed by atoms with Crippen molar-refractivity contribution in [2.75, 3.05) is 0 Å². The molecule has 0 saturated carbocycles. The number of nitrogens with zero attached hydrogens (tertiary/aromatic N) is 5. The molecule has 0 spiro atoms. The van der Waals surface area contributed by atoms with E-state index in [0.717, 1.165) is 41.4 Å². The number of thiophene rings is 2. The second-order valence-electron chi connectivity index (χ2n) is 11.7. The second kappa shape index (κ2) is 11.7. The molecule has 9 heteroatoms. The Bertz CT molecular complexity index is 2640. The van der Waals surface area contributed by atoms with Crippen molar-refractivity contribution in [1.29, 1.82) is 10.5 Å². The van der Waals surface area contributed by atoms with Crippen molar-refractivity contribution in [2.24, 2.45) is 0 Å². The van der Waals surface area contributed by atoms with Crippen LogP contribution in [0.15, 0.2) is 107 Å². The largest absolute Gasteiger partial charge is 0.307 e. The number of Topliss-reactive ketones (excluding diaryl/α,β-unsaturated/α-hetero) is 2. The molecule has 50 heavy (non-hydrogen) atoms. The molecule has 0 saturated heterocycles. The van der Waals surface area contributed by atoms with E-state index in [9.17, 15) is 20.1 Å². The summed E-state index contributed by atoms with van der Waals surface area (Å²) < 4.78 is 4.08. The summed E-state index contributed by atoms with van der Waals surface area (Å²) in [5, 5.41) is 19.6. The molecular formula is C41H19N5O2S2. The Labute approximate surface area is 294 Å². The summed E-state index contributed by atoms with van der Waals surface area (Å²) in [5.41, 5.74) is 7.02. The van der Waals surface area contributed by atoms with Crippen LogP contribution in [0.4, 0.5) is 0 Å². The Morgan fingerprint density at radius 1 is 0.680 bits per heavy atom. The molecular weight excluding hydrogens is 659 g/mol. The van der Waals surface area contributed by atoms with Gasteiger partial charge in [-0.15, -0.1) is 22.7 Å². The lowest BCUT2D eigenvalue weighted by Crippen LogP contribution is -1.95. The van der Waals surface area contributed by atoms with Crippen molar-refractivity contribution < 1.29 is 9.59 Å². The monoisotopic (exact) mass is 677 g/mol. The fourth-order valence-electron chi connectivity index (χ4n) is 6.65. The molecule has 6 aromatic rings. The molecule has 3 heterocycles. The van der Waals surface area contributed by atoms with Gasteiger partial charge >= 0.3 is 0 Å². The molecule has 7 nitrogen and oxygen atoms in total. The van der Waals surface area contributed by atoms with Gasteiger partial charge in [0, 0.05) is 48.9 Å². The van der Waals surface area contributed by atoms with Crippen LogP contribution in [0, 0.1) is 42.7 Å². The van der Waals surface area contributed by atoms with Crippen LogP contribution in [0.25, 0.3) is 59.1 Å². The zero-order valence-electron chi connectivity index (χ0n) is 26.1. The summed E-state index contributed by atoms with van der Waals surface area (Å²) in [5.74, 6) is -0.465. The molecule has 3 aromatic carbocycles. The van der Waals surface area contributed by atoms with E-state index in [1.165, 1.54) is 22.7 Å². The number of ketones is 2. The lowest BCUT2D eigenvalue weighted by atomic mass is 10.0. The van der Waals surface area contributed by atoms with E-state index < -0.39 is 0 Å². The summed E-state index contributed by atoms with van der Waals surface area (Å²) in [4.78, 5) is 35.7. The highest BCUT2D eigenvalue weighted by atomic mass is 32.1. The Hall–Kier alpha value is -6.88. The first-order chi connectivity index (χ1) is 24.4. The van der Waals surface area contributed by atoms with Crippen LogP contribution in [-0.4, -0.2) is 16.1 Å². The predicted molar refractivity (Wildman–Crippen MR) is 197 cm³/mol. The van der Waals surface area contributed by atoms with Gasteiger partial charge in [-0.3, -0.25) is 9.59 Å². The third-order valence-electron chi connectivity index (χ3n) is 8.84. The van der Waals surface area contributed by atoms with Gasteiger partial charge in [0.15, 0.2) is 11.6 Å². The number of hydrogen-bond acceptors (Lipinski definition) is 6. The van der Waals surface area contributed by atoms with E-state index in [1.54, 1.807) is 60.7 Å². The number of aromatic nitrogens is 1. The molecule has 2 aliphatic carbocycles. The van der Waals surface area contributed by atoms with E-state index in [1.807, 2.05) is 55.5 Å². The van der Waals surface area contributed by atoms with Crippen molar-refractivity contribution in [2.45, 2.75) is 6.92 Å². The maximum absolute atomic E-state index is 13.6. The highest BCUT2D eigenvalue weighted by Crippen LogP contribution is 2.46. The van der Waals surface area contributed by atoms with Crippen LogP contribution in [0.2, 0.25) is 0 Å². The minimum atomic E-state index is -0.232. The Morgan fingerprint density at radius 3 is 1.50 bits per heavy atom. The van der Waals surface area contributed by atoms with Crippen molar-refractivity contribution in [3.63, 3.8) is 0 Å². The smallest absolute Gasteiger partial charge is 0.270 e. The molecule has 0 aliphatic heterocycles. The molecule has 0 atom stereocenters. The lowest BCUT2D eigenvalue weighted by molar-refractivity contribution is 0.103. The van der Waals surface area contributed by atoms with Crippen molar-refractivity contribution in [3.05, 3.63) is 168 Å². The minimum Gasteiger partial charge on any atom is -0.307 e. The van der Waals surface area contributed by atoms with Crippen LogP contribution in [0.3, 0.4) is 0 Å². The van der Waals surface area contributed by atoms with Crippen LogP contribution in [0.1, 0.15) is 47.2 Å². The highest BCUT2D eigenvalue weighted by Gasteiger charge is 2.34. The van der Waals surface area contributed by atoms with Crippen LogP contribution < -0.4 is 0 Å². The molecule has 0 N–H and O–H groups in total. The van der Waals surface area contributed by atoms with Gasteiger partial charge in [0.25, 0.3) is 11.4 Å². The normalized spacial score (nSPS) is 17.1. The number of nitriles is 2. The Kier molecular flexibility index (Phi) is 7.11. The zero-order chi connectivity index (χ0) is 34.7. The predicted octanol–water partition coefficient (Wildman–Crippen LogP) is 10.1. The van der Waals surface area contributed by atoms with Crippen molar-refractivity contribution >= 4 is 78.0 Å². The first kappa shape index (κ1) is 30.5. The van der Waals surface area contributed by atoms with E-state index in [0.29, 0.717) is 44.5 Å². The number of carbonyl (C=O) groups excluding carboxylic acids is 2. The Balaban J connectivity index is 1.34. The number of carbonyl (C=O) groups is 2. The summed E-state index contributed by atoms with van der Waals surface area (Å²) in [6.45, 7) is 17.3. The van der Waals surface area contributed by atoms with Gasteiger partial charge in [-0.2, -0.15) is 0 Å². The van der Waals surface area contributed by atoms with Gasteiger partial charge in [-0.1, -0.05) is 66.2 Å². The molecule has 232 valence electrons. The molecule has 0 bridgehead atoms. The van der Waals surface area contributed by atoms with Gasteiger partial charge in [0.2, 0.25) is 0 Å². The van der Waals surface area contributed by atoms with Gasteiger partial charge in [0.1, 0.15) is 0 Å². The quantitative estimate of drug-likeness (QED) is 0.106. The summed E-state index contributed by atoms with van der Waals surface area (Å²) in [7, 11) is 0. The summed E-state index contributed by atoms with van der Waals surface area (Å²) in [6.07, 6.45) is 3.54. The third kappa shape index (κ3) is 4.51. The zero-order valence-corrected chi connectivity index (χ0v) is 27.7.